The average molecular weight is 421 g/mol. The van der Waals surface area contributed by atoms with Crippen molar-refractivity contribution in [3.63, 3.8) is 0 Å². The van der Waals surface area contributed by atoms with Gasteiger partial charge in [0, 0.05) is 40.5 Å². The number of fused-ring (bicyclic) bond motifs is 1. The van der Waals surface area contributed by atoms with Gasteiger partial charge in [-0.05, 0) is 56.2 Å². The molecule has 0 saturated carbocycles. The first-order chi connectivity index (χ1) is 13.3. The summed E-state index contributed by atoms with van der Waals surface area (Å²) in [6.07, 6.45) is 2.64. The number of aryl methyl sites for hydroxylation is 1. The third-order valence-electron chi connectivity index (χ3n) is 6.30. The predicted molar refractivity (Wildman–Crippen MR) is 113 cm³/mol. The number of hydrogen-bond acceptors (Lipinski definition) is 5. The van der Waals surface area contributed by atoms with Crippen LogP contribution in [0.4, 0.5) is 0 Å². The maximum absolute atomic E-state index is 13.2. The van der Waals surface area contributed by atoms with Crippen molar-refractivity contribution in [3.05, 3.63) is 44.9 Å². The molecule has 28 heavy (non-hydrogen) atoms. The quantitative estimate of drug-likeness (QED) is 0.692. The summed E-state index contributed by atoms with van der Waals surface area (Å²) in [6.45, 7) is 7.44. The second-order valence-electron chi connectivity index (χ2n) is 8.08. The molecule has 0 amide bonds. The van der Waals surface area contributed by atoms with E-state index >= 15 is 0 Å². The molecule has 2 unspecified atom stereocenters. The Labute approximate surface area is 171 Å². The SMILES string of the molecule is CCC1c2ccsc2CCN1CC(=O)c1cc(C)n(C2CCS(=O)(=O)C2)c1C. The second-order valence-corrected chi connectivity index (χ2v) is 11.3. The summed E-state index contributed by atoms with van der Waals surface area (Å²) in [5.41, 5.74) is 4.01. The maximum atomic E-state index is 13.2. The van der Waals surface area contributed by atoms with E-state index in [0.29, 0.717) is 19.0 Å². The lowest BCUT2D eigenvalue weighted by Gasteiger charge is -2.34. The number of thiophene rings is 1. The van der Waals surface area contributed by atoms with Crippen molar-refractivity contribution in [2.45, 2.75) is 52.1 Å². The normalized spacial score (nSPS) is 24.4. The van der Waals surface area contributed by atoms with Crippen LogP contribution in [0.25, 0.3) is 0 Å². The highest BCUT2D eigenvalue weighted by Gasteiger charge is 2.33. The van der Waals surface area contributed by atoms with Gasteiger partial charge >= 0.3 is 0 Å². The van der Waals surface area contributed by atoms with Crippen molar-refractivity contribution in [1.29, 1.82) is 0 Å². The molecule has 0 aliphatic carbocycles. The zero-order valence-electron chi connectivity index (χ0n) is 16.8. The van der Waals surface area contributed by atoms with Crippen LogP contribution in [-0.4, -0.2) is 48.3 Å². The fourth-order valence-corrected chi connectivity index (χ4v) is 7.61. The van der Waals surface area contributed by atoms with Crippen LogP contribution < -0.4 is 0 Å². The molecule has 5 nitrogen and oxygen atoms in total. The molecule has 2 aliphatic heterocycles. The van der Waals surface area contributed by atoms with Gasteiger partial charge in [-0.1, -0.05) is 6.92 Å². The number of nitrogens with zero attached hydrogens (tertiary/aromatic N) is 2. The van der Waals surface area contributed by atoms with E-state index in [1.165, 1.54) is 10.4 Å². The standard InChI is InChI=1S/C21H28N2O3S2/c1-4-19-17-6-9-27-21(17)5-8-22(19)12-20(24)18-11-14(2)23(15(18)3)16-7-10-28(25,26)13-16/h6,9,11,16,19H,4-5,7-8,10,12-13H2,1-3H3. The molecule has 2 atom stereocenters. The van der Waals surface area contributed by atoms with Gasteiger partial charge in [0.1, 0.15) is 0 Å². The van der Waals surface area contributed by atoms with Gasteiger partial charge in [0.2, 0.25) is 0 Å². The molecular formula is C21H28N2O3S2. The van der Waals surface area contributed by atoms with Gasteiger partial charge in [-0.15, -0.1) is 11.3 Å². The lowest BCUT2D eigenvalue weighted by atomic mass is 9.97. The molecule has 0 N–H and O–H groups in total. The predicted octanol–water partition coefficient (Wildman–Crippen LogP) is 3.72. The van der Waals surface area contributed by atoms with E-state index in [9.17, 15) is 13.2 Å². The molecule has 0 bridgehead atoms. The summed E-state index contributed by atoms with van der Waals surface area (Å²) in [7, 11) is -2.96. The van der Waals surface area contributed by atoms with Crippen LogP contribution in [0.1, 0.15) is 64.0 Å². The minimum Gasteiger partial charge on any atom is -0.344 e. The highest BCUT2D eigenvalue weighted by Crippen LogP contribution is 2.35. The fraction of sp³-hybridized carbons (Fsp3) is 0.571. The second kappa shape index (κ2) is 7.43. The summed E-state index contributed by atoms with van der Waals surface area (Å²) in [6, 6.07) is 4.42. The molecule has 7 heteroatoms. The van der Waals surface area contributed by atoms with E-state index < -0.39 is 9.84 Å². The van der Waals surface area contributed by atoms with Crippen LogP contribution in [0.2, 0.25) is 0 Å². The molecule has 2 aliphatic rings. The van der Waals surface area contributed by atoms with Crippen LogP contribution in [0.3, 0.4) is 0 Å². The molecule has 2 aromatic rings. The van der Waals surface area contributed by atoms with Gasteiger partial charge < -0.3 is 4.57 Å². The highest BCUT2D eigenvalue weighted by atomic mass is 32.2. The van der Waals surface area contributed by atoms with Gasteiger partial charge in [0.05, 0.1) is 18.1 Å². The lowest BCUT2D eigenvalue weighted by Crippen LogP contribution is -2.38. The molecule has 2 aromatic heterocycles. The number of carbonyl (C=O) groups excluding carboxylic acids is 1. The Morgan fingerprint density at radius 2 is 2.11 bits per heavy atom. The number of carbonyl (C=O) groups is 1. The van der Waals surface area contributed by atoms with Crippen molar-refractivity contribution < 1.29 is 13.2 Å². The van der Waals surface area contributed by atoms with E-state index in [1.807, 2.05) is 31.3 Å². The van der Waals surface area contributed by atoms with Crippen molar-refractivity contribution in [2.24, 2.45) is 0 Å². The van der Waals surface area contributed by atoms with Crippen LogP contribution >= 0.6 is 11.3 Å². The minimum absolute atomic E-state index is 0.0432. The number of rotatable bonds is 5. The van der Waals surface area contributed by atoms with Gasteiger partial charge in [-0.3, -0.25) is 9.69 Å². The summed E-state index contributed by atoms with van der Waals surface area (Å²) >= 11 is 1.82. The topological polar surface area (TPSA) is 59.4 Å². The zero-order chi connectivity index (χ0) is 20.1. The lowest BCUT2D eigenvalue weighted by molar-refractivity contribution is 0.0877. The monoisotopic (exact) mass is 420 g/mol. The van der Waals surface area contributed by atoms with Crippen LogP contribution in [0.15, 0.2) is 17.5 Å². The Hall–Kier alpha value is -1.44. The Balaban J connectivity index is 1.55. The number of hydrogen-bond donors (Lipinski definition) is 0. The van der Waals surface area contributed by atoms with Gasteiger partial charge in [-0.2, -0.15) is 0 Å². The van der Waals surface area contributed by atoms with Crippen molar-refractivity contribution >= 4 is 27.0 Å². The molecule has 4 rings (SSSR count). The van der Waals surface area contributed by atoms with Crippen molar-refractivity contribution in [3.8, 4) is 0 Å². The summed E-state index contributed by atoms with van der Waals surface area (Å²) in [5, 5.41) is 2.15. The maximum Gasteiger partial charge on any atom is 0.178 e. The highest BCUT2D eigenvalue weighted by molar-refractivity contribution is 7.91. The summed E-state index contributed by atoms with van der Waals surface area (Å²) in [5.74, 6) is 0.562. The Morgan fingerprint density at radius 1 is 1.32 bits per heavy atom. The first-order valence-electron chi connectivity index (χ1n) is 10.0. The van der Waals surface area contributed by atoms with E-state index in [0.717, 1.165) is 36.3 Å². The Morgan fingerprint density at radius 3 is 2.79 bits per heavy atom. The van der Waals surface area contributed by atoms with Crippen LogP contribution in [0.5, 0.6) is 0 Å². The first-order valence-corrected chi connectivity index (χ1v) is 12.7. The number of ketones is 1. The Kier molecular flexibility index (Phi) is 5.27. The van der Waals surface area contributed by atoms with Crippen LogP contribution in [0, 0.1) is 13.8 Å². The number of aromatic nitrogens is 1. The van der Waals surface area contributed by atoms with E-state index in [-0.39, 0.29) is 23.3 Å². The van der Waals surface area contributed by atoms with Gasteiger partial charge in [-0.25, -0.2) is 8.42 Å². The van der Waals surface area contributed by atoms with Gasteiger partial charge in [0.25, 0.3) is 0 Å². The minimum atomic E-state index is -2.96. The third-order valence-corrected chi connectivity index (χ3v) is 9.04. The largest absolute Gasteiger partial charge is 0.344 e. The van der Waals surface area contributed by atoms with Crippen molar-refractivity contribution in [1.82, 2.24) is 9.47 Å². The van der Waals surface area contributed by atoms with E-state index in [1.54, 1.807) is 0 Å². The summed E-state index contributed by atoms with van der Waals surface area (Å²) < 4.78 is 25.9. The van der Waals surface area contributed by atoms with E-state index in [4.69, 9.17) is 0 Å². The molecule has 4 heterocycles. The van der Waals surface area contributed by atoms with Gasteiger partial charge in [0.15, 0.2) is 15.6 Å². The first kappa shape index (κ1) is 19.9. The fourth-order valence-electron chi connectivity index (χ4n) is 4.99. The smallest absolute Gasteiger partial charge is 0.178 e. The molecule has 1 fully saturated rings. The average Bonchev–Trinajstić information content (AvgIpc) is 3.32. The molecule has 0 aromatic carbocycles. The third kappa shape index (κ3) is 3.48. The molecule has 0 radical (unpaired) electrons. The number of Topliss-reactive ketones (excluding diaryl/α,β-unsaturated/α-hetero) is 1. The molecule has 152 valence electrons. The van der Waals surface area contributed by atoms with Crippen molar-refractivity contribution in [2.75, 3.05) is 24.6 Å². The summed E-state index contributed by atoms with van der Waals surface area (Å²) in [4.78, 5) is 16.9. The molecule has 0 spiro atoms. The van der Waals surface area contributed by atoms with Crippen LogP contribution in [-0.2, 0) is 16.3 Å². The zero-order valence-corrected chi connectivity index (χ0v) is 18.4. The number of sulfone groups is 1. The van der Waals surface area contributed by atoms with E-state index in [2.05, 4.69) is 27.8 Å². The Bertz CT molecular complexity index is 1000. The molecule has 1 saturated heterocycles. The molecular weight excluding hydrogens is 392 g/mol.